The molecule has 0 fully saturated rings. The lowest BCUT2D eigenvalue weighted by Crippen LogP contribution is -2.20. The van der Waals surface area contributed by atoms with Crippen molar-refractivity contribution in [2.45, 2.75) is 39.8 Å². The largest absolute Gasteiger partial charge is 0.489 e. The second kappa shape index (κ2) is 8.96. The molecule has 0 spiro atoms. The first-order valence-corrected chi connectivity index (χ1v) is 10.7. The number of aromatic amines is 1. The summed E-state index contributed by atoms with van der Waals surface area (Å²) < 4.78 is 5.72. The molecule has 164 valence electrons. The molecule has 0 aliphatic carbocycles. The van der Waals surface area contributed by atoms with E-state index in [2.05, 4.69) is 25.3 Å². The molecule has 4 rings (SSSR count). The molecule has 0 saturated carbocycles. The van der Waals surface area contributed by atoms with Crippen molar-refractivity contribution in [2.24, 2.45) is 0 Å². The van der Waals surface area contributed by atoms with Crippen molar-refractivity contribution in [1.82, 2.24) is 19.9 Å². The van der Waals surface area contributed by atoms with Gasteiger partial charge in [-0.15, -0.1) is 0 Å². The average molecular weight is 450 g/mol. The summed E-state index contributed by atoms with van der Waals surface area (Å²) in [4.78, 5) is 28.8. The number of nitrogens with zero attached hydrogens (tertiary/aromatic N) is 3. The molecule has 0 aliphatic heterocycles. The van der Waals surface area contributed by atoms with Crippen LogP contribution in [0.4, 0.5) is 5.95 Å². The molecular formula is C24H24ClN5O2. The van der Waals surface area contributed by atoms with Crippen molar-refractivity contribution in [3.8, 4) is 17.0 Å². The van der Waals surface area contributed by atoms with Gasteiger partial charge in [0.05, 0.1) is 28.4 Å². The SMILES string of the molecule is Cc1cnccc1-c1ccnc(N[C@@H](C)c2cc3cc(Cl)c(OC(C)C)cc3[nH]c2=O)n1. The van der Waals surface area contributed by atoms with Crippen LogP contribution in [0.5, 0.6) is 5.75 Å². The van der Waals surface area contributed by atoms with Crippen LogP contribution in [0.3, 0.4) is 0 Å². The topological polar surface area (TPSA) is 92.8 Å². The van der Waals surface area contributed by atoms with Crippen molar-refractivity contribution in [1.29, 1.82) is 0 Å². The van der Waals surface area contributed by atoms with Crippen molar-refractivity contribution >= 4 is 28.5 Å². The molecule has 0 unspecified atom stereocenters. The predicted octanol–water partition coefficient (Wildman–Crippen LogP) is 5.30. The number of ether oxygens (including phenoxy) is 1. The number of benzene rings is 1. The molecule has 0 aliphatic rings. The van der Waals surface area contributed by atoms with Gasteiger partial charge in [0, 0.05) is 41.2 Å². The Morgan fingerprint density at radius 2 is 1.94 bits per heavy atom. The number of fused-ring (bicyclic) bond motifs is 1. The first-order valence-electron chi connectivity index (χ1n) is 10.4. The number of aromatic nitrogens is 4. The maximum absolute atomic E-state index is 12.8. The molecule has 3 aromatic heterocycles. The lowest BCUT2D eigenvalue weighted by molar-refractivity contribution is 0.243. The number of halogens is 1. The molecule has 2 N–H and O–H groups in total. The monoisotopic (exact) mass is 449 g/mol. The Labute approximate surface area is 190 Å². The summed E-state index contributed by atoms with van der Waals surface area (Å²) in [6.45, 7) is 7.72. The summed E-state index contributed by atoms with van der Waals surface area (Å²) in [6, 6.07) is 8.81. The van der Waals surface area contributed by atoms with E-state index in [1.807, 2.05) is 45.9 Å². The predicted molar refractivity (Wildman–Crippen MR) is 127 cm³/mol. The number of anilines is 1. The van der Waals surface area contributed by atoms with E-state index >= 15 is 0 Å². The van der Waals surface area contributed by atoms with Crippen LogP contribution in [0.2, 0.25) is 5.02 Å². The highest BCUT2D eigenvalue weighted by molar-refractivity contribution is 6.32. The zero-order chi connectivity index (χ0) is 22.8. The van der Waals surface area contributed by atoms with Gasteiger partial charge in [-0.2, -0.15) is 0 Å². The van der Waals surface area contributed by atoms with Crippen LogP contribution in [0.25, 0.3) is 22.2 Å². The third kappa shape index (κ3) is 4.57. The van der Waals surface area contributed by atoms with Crippen LogP contribution in [-0.2, 0) is 0 Å². The van der Waals surface area contributed by atoms with Crippen LogP contribution >= 0.6 is 11.6 Å². The first-order chi connectivity index (χ1) is 15.3. The summed E-state index contributed by atoms with van der Waals surface area (Å²) in [5, 5.41) is 4.54. The van der Waals surface area contributed by atoms with Crippen molar-refractivity contribution in [3.63, 3.8) is 0 Å². The fraction of sp³-hybridized carbons (Fsp3) is 0.250. The number of hydrogen-bond acceptors (Lipinski definition) is 6. The lowest BCUT2D eigenvalue weighted by atomic mass is 10.1. The number of pyridine rings is 2. The van der Waals surface area contributed by atoms with Gasteiger partial charge in [0.2, 0.25) is 5.95 Å². The molecule has 1 aromatic carbocycles. The van der Waals surface area contributed by atoms with Crippen molar-refractivity contribution < 1.29 is 4.74 Å². The normalized spacial score (nSPS) is 12.2. The number of H-pyrrole nitrogens is 1. The highest BCUT2D eigenvalue weighted by Gasteiger charge is 2.15. The molecule has 0 amide bonds. The highest BCUT2D eigenvalue weighted by atomic mass is 35.5. The van der Waals surface area contributed by atoms with Gasteiger partial charge in [-0.25, -0.2) is 9.97 Å². The van der Waals surface area contributed by atoms with Gasteiger partial charge in [0.15, 0.2) is 0 Å². The standard InChI is InChI=1S/C24H24ClN5O2/c1-13(2)32-22-11-21-16(10-19(22)25)9-18(23(31)29-21)15(4)28-24-27-8-6-20(30-24)17-5-7-26-12-14(17)3/h5-13,15H,1-4H3,(H,29,31)(H,27,28,30)/t15-/m0/s1. The van der Waals surface area contributed by atoms with Crippen molar-refractivity contribution in [2.75, 3.05) is 5.32 Å². The molecule has 32 heavy (non-hydrogen) atoms. The summed E-state index contributed by atoms with van der Waals surface area (Å²) >= 11 is 6.38. The lowest BCUT2D eigenvalue weighted by Gasteiger charge is -2.16. The minimum Gasteiger partial charge on any atom is -0.489 e. The molecule has 3 heterocycles. The van der Waals surface area contributed by atoms with E-state index in [9.17, 15) is 4.79 Å². The van der Waals surface area contributed by atoms with Crippen LogP contribution in [0.1, 0.15) is 37.9 Å². The van der Waals surface area contributed by atoms with Gasteiger partial charge in [-0.3, -0.25) is 9.78 Å². The van der Waals surface area contributed by atoms with E-state index in [1.54, 1.807) is 30.7 Å². The maximum Gasteiger partial charge on any atom is 0.253 e. The first kappa shape index (κ1) is 21.8. The second-order valence-corrected chi connectivity index (χ2v) is 8.32. The summed E-state index contributed by atoms with van der Waals surface area (Å²) in [7, 11) is 0. The second-order valence-electron chi connectivity index (χ2n) is 7.91. The number of aryl methyl sites for hydroxylation is 1. The molecular weight excluding hydrogens is 426 g/mol. The minimum atomic E-state index is -0.331. The quantitative estimate of drug-likeness (QED) is 0.414. The molecule has 1 atom stereocenters. The Morgan fingerprint density at radius 3 is 2.69 bits per heavy atom. The Balaban J connectivity index is 1.64. The molecule has 4 aromatic rings. The van der Waals surface area contributed by atoms with Gasteiger partial charge >= 0.3 is 0 Å². The summed E-state index contributed by atoms with van der Waals surface area (Å²) in [6.07, 6.45) is 5.20. The van der Waals surface area contributed by atoms with Gasteiger partial charge < -0.3 is 15.0 Å². The Kier molecular flexibility index (Phi) is 6.10. The fourth-order valence-corrected chi connectivity index (χ4v) is 3.72. The smallest absolute Gasteiger partial charge is 0.253 e. The number of hydrogen-bond donors (Lipinski definition) is 2. The van der Waals surface area contributed by atoms with E-state index < -0.39 is 0 Å². The zero-order valence-electron chi connectivity index (χ0n) is 18.3. The summed E-state index contributed by atoms with van der Waals surface area (Å²) in [5.41, 5.74) is 3.81. The Morgan fingerprint density at radius 1 is 1.12 bits per heavy atom. The molecule has 0 saturated heterocycles. The highest BCUT2D eigenvalue weighted by Crippen LogP contribution is 2.31. The van der Waals surface area contributed by atoms with Gasteiger partial charge in [-0.1, -0.05) is 11.6 Å². The van der Waals surface area contributed by atoms with Crippen molar-refractivity contribution in [3.05, 3.63) is 75.4 Å². The third-order valence-electron chi connectivity index (χ3n) is 5.05. The Hall–Kier alpha value is -3.45. The van der Waals surface area contributed by atoms with E-state index in [0.717, 1.165) is 22.2 Å². The third-order valence-corrected chi connectivity index (χ3v) is 5.35. The van der Waals surface area contributed by atoms with Gasteiger partial charge in [-0.05, 0) is 57.5 Å². The zero-order valence-corrected chi connectivity index (χ0v) is 19.1. The molecule has 8 heteroatoms. The van der Waals surface area contributed by atoms with Crippen LogP contribution in [0, 0.1) is 6.92 Å². The minimum absolute atomic E-state index is 0.0214. The summed E-state index contributed by atoms with van der Waals surface area (Å²) in [5.74, 6) is 0.977. The number of nitrogens with one attached hydrogen (secondary N) is 2. The molecule has 0 bridgehead atoms. The average Bonchev–Trinajstić information content (AvgIpc) is 2.74. The van der Waals surface area contributed by atoms with E-state index in [4.69, 9.17) is 16.3 Å². The van der Waals surface area contributed by atoms with E-state index in [1.165, 1.54) is 0 Å². The van der Waals surface area contributed by atoms with Gasteiger partial charge in [0.25, 0.3) is 5.56 Å². The molecule has 7 nitrogen and oxygen atoms in total. The molecule has 0 radical (unpaired) electrons. The van der Waals surface area contributed by atoms with Gasteiger partial charge in [0.1, 0.15) is 5.75 Å². The fourth-order valence-electron chi connectivity index (χ4n) is 3.50. The number of rotatable bonds is 6. The van der Waals surface area contributed by atoms with E-state index in [-0.39, 0.29) is 17.7 Å². The Bertz CT molecular complexity index is 1340. The van der Waals surface area contributed by atoms with E-state index in [0.29, 0.717) is 27.8 Å². The maximum atomic E-state index is 12.8. The van der Waals surface area contributed by atoms with Crippen LogP contribution in [0.15, 0.2) is 53.7 Å². The van der Waals surface area contributed by atoms with Crippen LogP contribution in [-0.4, -0.2) is 26.0 Å². The van der Waals surface area contributed by atoms with Crippen LogP contribution < -0.4 is 15.6 Å².